The second kappa shape index (κ2) is 6.76. The Labute approximate surface area is 144 Å². The molecule has 0 spiro atoms. The van der Waals surface area contributed by atoms with Gasteiger partial charge in [-0.15, -0.1) is 0 Å². The van der Waals surface area contributed by atoms with Crippen LogP contribution in [-0.4, -0.2) is 39.3 Å². The molecule has 3 aromatic heterocycles. The third kappa shape index (κ3) is 3.37. The number of nitrogens with one attached hydrogen (secondary N) is 3. The van der Waals surface area contributed by atoms with Crippen LogP contribution in [0.4, 0.5) is 16.4 Å². The van der Waals surface area contributed by atoms with Gasteiger partial charge in [-0.2, -0.15) is 5.10 Å². The predicted molar refractivity (Wildman–Crippen MR) is 95.4 cm³/mol. The topological polar surface area (TPSA) is 98.8 Å². The summed E-state index contributed by atoms with van der Waals surface area (Å²) in [4.78, 5) is 22.8. The van der Waals surface area contributed by atoms with E-state index in [1.54, 1.807) is 18.5 Å². The maximum absolute atomic E-state index is 12.0. The van der Waals surface area contributed by atoms with Gasteiger partial charge >= 0.3 is 6.03 Å². The average Bonchev–Trinajstić information content (AvgIpc) is 3.30. The molecule has 0 radical (unpaired) electrons. The molecule has 3 aromatic rings. The standard InChI is InChI=1S/C17H19N7O/c25-17(20-10-12-5-1-2-6-18-12)21-15-9-14-13(11-19-15)16(23-22-14)24-7-3-4-8-24/h1-2,5-6,9,11H,3-4,7-8,10H2,(H,22,23)(H2,19,20,21,25). The number of carbonyl (C=O) groups excluding carboxylic acids is 1. The molecule has 1 aliphatic heterocycles. The van der Waals surface area contributed by atoms with E-state index in [2.05, 4.69) is 35.7 Å². The number of amides is 2. The highest BCUT2D eigenvalue weighted by Gasteiger charge is 2.18. The minimum absolute atomic E-state index is 0.322. The number of urea groups is 1. The maximum Gasteiger partial charge on any atom is 0.320 e. The highest BCUT2D eigenvalue weighted by atomic mass is 16.2. The van der Waals surface area contributed by atoms with Crippen LogP contribution in [0.5, 0.6) is 0 Å². The predicted octanol–water partition coefficient (Wildman–Crippen LogP) is 2.27. The molecule has 3 N–H and O–H groups in total. The average molecular weight is 337 g/mol. The zero-order valence-corrected chi connectivity index (χ0v) is 13.7. The summed E-state index contributed by atoms with van der Waals surface area (Å²) in [6.45, 7) is 2.41. The summed E-state index contributed by atoms with van der Waals surface area (Å²) in [6.07, 6.45) is 5.83. The van der Waals surface area contributed by atoms with E-state index in [0.29, 0.717) is 12.4 Å². The molecule has 128 valence electrons. The van der Waals surface area contributed by atoms with E-state index in [1.165, 1.54) is 12.8 Å². The van der Waals surface area contributed by atoms with Gasteiger partial charge in [0.05, 0.1) is 23.1 Å². The third-order valence-electron chi connectivity index (χ3n) is 4.23. The Kier molecular flexibility index (Phi) is 4.16. The Bertz CT molecular complexity index is 871. The summed E-state index contributed by atoms with van der Waals surface area (Å²) in [6, 6.07) is 7.05. The van der Waals surface area contributed by atoms with Gasteiger partial charge in [-0.25, -0.2) is 9.78 Å². The first-order valence-electron chi connectivity index (χ1n) is 8.33. The first kappa shape index (κ1) is 15.4. The smallest absolute Gasteiger partial charge is 0.320 e. The monoisotopic (exact) mass is 337 g/mol. The van der Waals surface area contributed by atoms with Crippen molar-refractivity contribution < 1.29 is 4.79 Å². The molecule has 0 saturated carbocycles. The second-order valence-corrected chi connectivity index (χ2v) is 5.99. The molecule has 0 unspecified atom stereocenters. The van der Waals surface area contributed by atoms with Gasteiger partial charge < -0.3 is 10.2 Å². The van der Waals surface area contributed by atoms with Gasteiger partial charge in [0, 0.05) is 31.5 Å². The van der Waals surface area contributed by atoms with Gasteiger partial charge in [-0.3, -0.25) is 15.4 Å². The Morgan fingerprint density at radius 2 is 2.12 bits per heavy atom. The van der Waals surface area contributed by atoms with E-state index in [9.17, 15) is 4.79 Å². The lowest BCUT2D eigenvalue weighted by Crippen LogP contribution is -2.28. The van der Waals surface area contributed by atoms with E-state index < -0.39 is 0 Å². The van der Waals surface area contributed by atoms with Crippen molar-refractivity contribution in [2.24, 2.45) is 0 Å². The van der Waals surface area contributed by atoms with Crippen molar-refractivity contribution in [3.05, 3.63) is 42.4 Å². The normalized spacial score (nSPS) is 14.0. The quantitative estimate of drug-likeness (QED) is 0.678. The molecule has 1 fully saturated rings. The van der Waals surface area contributed by atoms with E-state index >= 15 is 0 Å². The van der Waals surface area contributed by atoms with Crippen LogP contribution in [0.25, 0.3) is 10.9 Å². The zero-order chi connectivity index (χ0) is 17.1. The number of rotatable bonds is 4. The fourth-order valence-electron chi connectivity index (χ4n) is 2.97. The number of hydrogen-bond acceptors (Lipinski definition) is 5. The number of fused-ring (bicyclic) bond motifs is 1. The van der Waals surface area contributed by atoms with Crippen molar-refractivity contribution in [3.8, 4) is 0 Å². The largest absolute Gasteiger partial charge is 0.355 e. The molecule has 8 nitrogen and oxygen atoms in total. The van der Waals surface area contributed by atoms with Crippen LogP contribution in [0.15, 0.2) is 36.7 Å². The third-order valence-corrected chi connectivity index (χ3v) is 4.23. The summed E-state index contributed by atoms with van der Waals surface area (Å²) in [5.74, 6) is 1.41. The number of pyridine rings is 2. The molecule has 2 amide bonds. The first-order chi connectivity index (χ1) is 12.3. The van der Waals surface area contributed by atoms with Crippen molar-refractivity contribution in [1.82, 2.24) is 25.5 Å². The first-order valence-corrected chi connectivity index (χ1v) is 8.33. The van der Waals surface area contributed by atoms with Crippen molar-refractivity contribution in [2.45, 2.75) is 19.4 Å². The Morgan fingerprint density at radius 3 is 2.92 bits per heavy atom. The van der Waals surface area contributed by atoms with Crippen molar-refractivity contribution in [2.75, 3.05) is 23.3 Å². The molecule has 8 heteroatoms. The van der Waals surface area contributed by atoms with Gasteiger partial charge in [0.25, 0.3) is 0 Å². The second-order valence-electron chi connectivity index (χ2n) is 5.99. The highest BCUT2D eigenvalue weighted by molar-refractivity contribution is 5.94. The van der Waals surface area contributed by atoms with E-state index in [4.69, 9.17) is 0 Å². The van der Waals surface area contributed by atoms with Gasteiger partial charge in [0.15, 0.2) is 5.82 Å². The summed E-state index contributed by atoms with van der Waals surface area (Å²) in [5, 5.41) is 13.9. The molecular formula is C17H19N7O. The van der Waals surface area contributed by atoms with Gasteiger partial charge in [-0.05, 0) is 25.0 Å². The molecule has 4 rings (SSSR count). The molecule has 0 atom stereocenters. The minimum atomic E-state index is -0.322. The van der Waals surface area contributed by atoms with Gasteiger partial charge in [-0.1, -0.05) is 6.07 Å². The number of aromatic nitrogens is 4. The number of H-pyrrole nitrogens is 1. The Hall–Kier alpha value is -3.16. The van der Waals surface area contributed by atoms with Crippen LogP contribution in [0.2, 0.25) is 0 Å². The summed E-state index contributed by atoms with van der Waals surface area (Å²) >= 11 is 0. The molecule has 0 aromatic carbocycles. The van der Waals surface area contributed by atoms with Gasteiger partial charge in [0.1, 0.15) is 5.82 Å². The van der Waals surface area contributed by atoms with Crippen LogP contribution in [-0.2, 0) is 6.54 Å². The lowest BCUT2D eigenvalue weighted by molar-refractivity contribution is 0.251. The highest BCUT2D eigenvalue weighted by Crippen LogP contribution is 2.27. The van der Waals surface area contributed by atoms with Crippen LogP contribution in [0.1, 0.15) is 18.5 Å². The number of aromatic amines is 1. The molecule has 4 heterocycles. The SMILES string of the molecule is O=C(NCc1ccccn1)Nc1cc2[nH]nc(N3CCCC3)c2cn1. The van der Waals surface area contributed by atoms with Crippen molar-refractivity contribution in [3.63, 3.8) is 0 Å². The summed E-state index contributed by atoms with van der Waals surface area (Å²) in [5.41, 5.74) is 1.65. The van der Waals surface area contributed by atoms with E-state index in [-0.39, 0.29) is 6.03 Å². The molecule has 1 saturated heterocycles. The van der Waals surface area contributed by atoms with Crippen LogP contribution < -0.4 is 15.5 Å². The van der Waals surface area contributed by atoms with Crippen molar-refractivity contribution in [1.29, 1.82) is 0 Å². The molecule has 25 heavy (non-hydrogen) atoms. The Balaban J connectivity index is 1.42. The van der Waals surface area contributed by atoms with Gasteiger partial charge in [0.2, 0.25) is 0 Å². The summed E-state index contributed by atoms with van der Waals surface area (Å²) in [7, 11) is 0. The Morgan fingerprint density at radius 1 is 1.24 bits per heavy atom. The van der Waals surface area contributed by atoms with Crippen LogP contribution in [0.3, 0.4) is 0 Å². The minimum Gasteiger partial charge on any atom is -0.355 e. The molecule has 1 aliphatic rings. The summed E-state index contributed by atoms with van der Waals surface area (Å²) < 4.78 is 0. The number of anilines is 2. The lowest BCUT2D eigenvalue weighted by atomic mass is 10.3. The fraction of sp³-hybridized carbons (Fsp3) is 0.294. The number of hydrogen-bond donors (Lipinski definition) is 3. The maximum atomic E-state index is 12.0. The van der Waals surface area contributed by atoms with E-state index in [1.807, 2.05) is 18.2 Å². The molecular weight excluding hydrogens is 318 g/mol. The number of carbonyl (C=O) groups is 1. The fourth-order valence-corrected chi connectivity index (χ4v) is 2.97. The zero-order valence-electron chi connectivity index (χ0n) is 13.7. The van der Waals surface area contributed by atoms with Crippen molar-refractivity contribution >= 4 is 28.6 Å². The van der Waals surface area contributed by atoms with Crippen LogP contribution >= 0.6 is 0 Å². The lowest BCUT2D eigenvalue weighted by Gasteiger charge is -2.13. The molecule has 0 bridgehead atoms. The van der Waals surface area contributed by atoms with Crippen LogP contribution in [0, 0.1) is 0 Å². The molecule has 0 aliphatic carbocycles. The van der Waals surface area contributed by atoms with E-state index in [0.717, 1.165) is 35.5 Å². The number of nitrogens with zero attached hydrogens (tertiary/aromatic N) is 4.